The molecule has 0 saturated heterocycles. The summed E-state index contributed by atoms with van der Waals surface area (Å²) in [5.41, 5.74) is 0.692. The van der Waals surface area contributed by atoms with Crippen molar-refractivity contribution in [2.75, 3.05) is 0 Å². The fourth-order valence-electron chi connectivity index (χ4n) is 0.601. The highest BCUT2D eigenvalue weighted by Crippen LogP contribution is 1.69. The molecule has 1 rings (SSSR count). The van der Waals surface area contributed by atoms with Crippen LogP contribution in [0.15, 0.2) is 17.2 Å². The summed E-state index contributed by atoms with van der Waals surface area (Å²) in [5.74, 6) is 0. The molecule has 0 bridgehead atoms. The molecule has 1 heterocycles. The van der Waals surface area contributed by atoms with Crippen molar-refractivity contribution in [2.45, 2.75) is 6.92 Å². The van der Waals surface area contributed by atoms with E-state index in [1.807, 2.05) is 7.05 Å². The summed E-state index contributed by atoms with van der Waals surface area (Å²) in [6.45, 7) is 1.78. The van der Waals surface area contributed by atoms with Gasteiger partial charge in [0.1, 0.15) is 7.05 Å². The third kappa shape index (κ3) is 0.988. The third-order valence-electron chi connectivity index (χ3n) is 1.37. The van der Waals surface area contributed by atoms with Crippen LogP contribution in [0.4, 0.5) is 0 Å². The minimum absolute atomic E-state index is 0.0278. The Morgan fingerprint density at radius 2 is 2.33 bits per heavy atom. The molecule has 0 saturated carbocycles. The van der Waals surface area contributed by atoms with Crippen molar-refractivity contribution in [2.24, 2.45) is 7.05 Å². The van der Waals surface area contributed by atoms with Crippen LogP contribution in [0.3, 0.4) is 0 Å². The SMILES string of the molecule is Cc1c(=O)[nH]cc[n+]1C. The van der Waals surface area contributed by atoms with Gasteiger partial charge in [-0.05, 0) is 0 Å². The van der Waals surface area contributed by atoms with Crippen LogP contribution in [0.25, 0.3) is 0 Å². The maximum atomic E-state index is 10.8. The minimum atomic E-state index is -0.0278. The molecular formula is C6H9N2O+. The van der Waals surface area contributed by atoms with Gasteiger partial charge in [0.05, 0.1) is 6.20 Å². The van der Waals surface area contributed by atoms with Crippen LogP contribution in [0, 0.1) is 6.92 Å². The summed E-state index contributed by atoms with van der Waals surface area (Å²) in [4.78, 5) is 13.3. The van der Waals surface area contributed by atoms with E-state index in [-0.39, 0.29) is 5.56 Å². The number of nitrogens with one attached hydrogen (secondary N) is 1. The fourth-order valence-corrected chi connectivity index (χ4v) is 0.601. The topological polar surface area (TPSA) is 36.7 Å². The van der Waals surface area contributed by atoms with Crippen LogP contribution < -0.4 is 10.1 Å². The van der Waals surface area contributed by atoms with Crippen LogP contribution in [0.5, 0.6) is 0 Å². The second-order valence-electron chi connectivity index (χ2n) is 1.99. The molecule has 1 aromatic rings. The lowest BCUT2D eigenvalue weighted by atomic mass is 10.5. The Hall–Kier alpha value is -1.12. The number of aromatic nitrogens is 2. The Kier molecular flexibility index (Phi) is 1.34. The molecule has 0 aliphatic heterocycles. The summed E-state index contributed by atoms with van der Waals surface area (Å²) in [6, 6.07) is 0. The highest BCUT2D eigenvalue weighted by molar-refractivity contribution is 4.82. The molecule has 0 aliphatic carbocycles. The van der Waals surface area contributed by atoms with Gasteiger partial charge < -0.3 is 4.98 Å². The van der Waals surface area contributed by atoms with E-state index in [1.165, 1.54) is 0 Å². The average Bonchev–Trinajstić information content (AvgIpc) is 1.83. The van der Waals surface area contributed by atoms with E-state index in [4.69, 9.17) is 0 Å². The molecule has 48 valence electrons. The Morgan fingerprint density at radius 3 is 2.78 bits per heavy atom. The Bertz CT molecular complexity index is 264. The zero-order valence-electron chi connectivity index (χ0n) is 5.51. The molecule has 0 fully saturated rings. The van der Waals surface area contributed by atoms with E-state index in [0.29, 0.717) is 0 Å². The van der Waals surface area contributed by atoms with Crippen LogP contribution in [-0.2, 0) is 7.05 Å². The normalized spacial score (nSPS) is 9.56. The monoisotopic (exact) mass is 125 g/mol. The largest absolute Gasteiger partial charge is 0.318 e. The van der Waals surface area contributed by atoms with E-state index in [9.17, 15) is 4.79 Å². The van der Waals surface area contributed by atoms with Crippen molar-refractivity contribution in [3.05, 3.63) is 28.4 Å². The van der Waals surface area contributed by atoms with E-state index in [2.05, 4.69) is 4.98 Å². The van der Waals surface area contributed by atoms with Crippen molar-refractivity contribution < 1.29 is 4.57 Å². The number of nitrogens with zero attached hydrogens (tertiary/aromatic N) is 1. The second kappa shape index (κ2) is 2.01. The molecule has 0 spiro atoms. The van der Waals surface area contributed by atoms with Crippen LogP contribution in [-0.4, -0.2) is 4.98 Å². The predicted molar refractivity (Wildman–Crippen MR) is 33.0 cm³/mol. The maximum absolute atomic E-state index is 10.8. The molecule has 1 N–H and O–H groups in total. The zero-order chi connectivity index (χ0) is 6.85. The first-order chi connectivity index (χ1) is 4.22. The van der Waals surface area contributed by atoms with Crippen molar-refractivity contribution in [1.82, 2.24) is 4.98 Å². The smallest absolute Gasteiger partial charge is 0.315 e. The molecule has 0 aliphatic rings. The lowest BCUT2D eigenvalue weighted by Gasteiger charge is -1.87. The number of aryl methyl sites for hydroxylation is 1. The van der Waals surface area contributed by atoms with E-state index >= 15 is 0 Å². The highest BCUT2D eigenvalue weighted by atomic mass is 16.1. The van der Waals surface area contributed by atoms with Crippen molar-refractivity contribution >= 4 is 0 Å². The standard InChI is InChI=1S/C6H8N2O/c1-5-6(9)7-3-4-8(5)2/h3-4H,1-2H3/p+1. The van der Waals surface area contributed by atoms with Gasteiger partial charge in [-0.2, -0.15) is 4.57 Å². The maximum Gasteiger partial charge on any atom is 0.315 e. The highest BCUT2D eigenvalue weighted by Gasteiger charge is 2.00. The molecule has 1 aromatic heterocycles. The van der Waals surface area contributed by atoms with Gasteiger partial charge in [0.15, 0.2) is 6.20 Å². The summed E-state index contributed by atoms with van der Waals surface area (Å²) in [7, 11) is 1.84. The number of H-pyrrole nitrogens is 1. The van der Waals surface area contributed by atoms with Gasteiger partial charge in [-0.25, -0.2) is 0 Å². The van der Waals surface area contributed by atoms with E-state index < -0.39 is 0 Å². The first-order valence-electron chi connectivity index (χ1n) is 2.76. The average molecular weight is 125 g/mol. The Morgan fingerprint density at radius 1 is 1.67 bits per heavy atom. The minimum Gasteiger partial charge on any atom is -0.318 e. The summed E-state index contributed by atoms with van der Waals surface area (Å²) in [5, 5.41) is 0. The molecule has 0 atom stereocenters. The van der Waals surface area contributed by atoms with Crippen LogP contribution in [0.1, 0.15) is 5.69 Å². The third-order valence-corrected chi connectivity index (χ3v) is 1.37. The van der Waals surface area contributed by atoms with Crippen molar-refractivity contribution in [3.63, 3.8) is 0 Å². The summed E-state index contributed by atoms with van der Waals surface area (Å²) >= 11 is 0. The molecular weight excluding hydrogens is 116 g/mol. The number of hydrogen-bond acceptors (Lipinski definition) is 1. The number of aromatic amines is 1. The van der Waals surface area contributed by atoms with Crippen molar-refractivity contribution in [3.8, 4) is 0 Å². The number of hydrogen-bond donors (Lipinski definition) is 1. The second-order valence-corrected chi connectivity index (χ2v) is 1.99. The van der Waals surface area contributed by atoms with E-state index in [0.717, 1.165) is 5.69 Å². The fraction of sp³-hybridized carbons (Fsp3) is 0.333. The Balaban J connectivity index is 3.43. The molecule has 0 radical (unpaired) electrons. The predicted octanol–water partition coefficient (Wildman–Crippen LogP) is -0.492. The first-order valence-corrected chi connectivity index (χ1v) is 2.76. The first kappa shape index (κ1) is 6.01. The van der Waals surface area contributed by atoms with Gasteiger partial charge in [0.25, 0.3) is 0 Å². The van der Waals surface area contributed by atoms with Crippen molar-refractivity contribution in [1.29, 1.82) is 0 Å². The molecule has 9 heavy (non-hydrogen) atoms. The summed E-state index contributed by atoms with van der Waals surface area (Å²) < 4.78 is 1.78. The molecule has 3 heteroatoms. The quantitative estimate of drug-likeness (QED) is 0.467. The lowest BCUT2D eigenvalue weighted by Crippen LogP contribution is -2.38. The zero-order valence-corrected chi connectivity index (χ0v) is 5.51. The van der Waals surface area contributed by atoms with Crippen LogP contribution in [0.2, 0.25) is 0 Å². The molecule has 3 nitrogen and oxygen atoms in total. The van der Waals surface area contributed by atoms with Gasteiger partial charge in [-0.15, -0.1) is 0 Å². The molecule has 0 unspecified atom stereocenters. The van der Waals surface area contributed by atoms with Gasteiger partial charge in [-0.1, -0.05) is 0 Å². The molecule has 0 aromatic carbocycles. The van der Waals surface area contributed by atoms with Crippen LogP contribution >= 0.6 is 0 Å². The van der Waals surface area contributed by atoms with Gasteiger partial charge in [0, 0.05) is 6.92 Å². The Labute approximate surface area is 53.0 Å². The summed E-state index contributed by atoms with van der Waals surface area (Å²) in [6.07, 6.45) is 3.42. The van der Waals surface area contributed by atoms with E-state index in [1.54, 1.807) is 23.9 Å². The lowest BCUT2D eigenvalue weighted by molar-refractivity contribution is -0.679. The van der Waals surface area contributed by atoms with Gasteiger partial charge in [0.2, 0.25) is 5.69 Å². The van der Waals surface area contributed by atoms with Gasteiger partial charge >= 0.3 is 5.56 Å². The number of rotatable bonds is 0. The molecule has 0 amide bonds. The van der Waals surface area contributed by atoms with Gasteiger partial charge in [-0.3, -0.25) is 4.79 Å².